The molecular formula is C10H13BrFNS. The average Bonchev–Trinajstić information content (AvgIpc) is 2.12. The summed E-state index contributed by atoms with van der Waals surface area (Å²) in [7, 11) is 0. The van der Waals surface area contributed by atoms with Crippen molar-refractivity contribution < 1.29 is 4.39 Å². The Labute approximate surface area is 96.4 Å². The van der Waals surface area contributed by atoms with E-state index in [1.165, 1.54) is 12.1 Å². The summed E-state index contributed by atoms with van der Waals surface area (Å²) in [5.74, 6) is 0.683. The molecule has 0 aliphatic carbocycles. The number of benzene rings is 1. The van der Waals surface area contributed by atoms with Crippen LogP contribution in [-0.2, 0) is 6.42 Å². The van der Waals surface area contributed by atoms with E-state index in [1.807, 2.05) is 6.26 Å². The summed E-state index contributed by atoms with van der Waals surface area (Å²) in [5, 5.41) is 0. The molecule has 0 radical (unpaired) electrons. The number of halogens is 2. The Bertz CT molecular complexity index is 306. The molecule has 14 heavy (non-hydrogen) atoms. The van der Waals surface area contributed by atoms with Crippen molar-refractivity contribution in [2.45, 2.75) is 12.5 Å². The highest BCUT2D eigenvalue weighted by Crippen LogP contribution is 2.19. The van der Waals surface area contributed by atoms with Gasteiger partial charge in [0.25, 0.3) is 0 Å². The van der Waals surface area contributed by atoms with E-state index in [0.717, 1.165) is 15.8 Å². The number of nitrogens with two attached hydrogens (primary N) is 1. The number of hydrogen-bond donors (Lipinski definition) is 1. The van der Waals surface area contributed by atoms with Crippen LogP contribution < -0.4 is 5.73 Å². The maximum absolute atomic E-state index is 12.9. The monoisotopic (exact) mass is 277 g/mol. The van der Waals surface area contributed by atoms with Gasteiger partial charge in [0.1, 0.15) is 5.82 Å². The van der Waals surface area contributed by atoms with Crippen molar-refractivity contribution in [1.29, 1.82) is 0 Å². The molecule has 0 saturated carbocycles. The van der Waals surface area contributed by atoms with E-state index in [2.05, 4.69) is 15.9 Å². The fourth-order valence-electron chi connectivity index (χ4n) is 1.26. The minimum absolute atomic E-state index is 0.0862. The van der Waals surface area contributed by atoms with Crippen LogP contribution in [0.15, 0.2) is 22.7 Å². The molecule has 0 heterocycles. The summed E-state index contributed by atoms with van der Waals surface area (Å²) in [4.78, 5) is 0. The van der Waals surface area contributed by atoms with Gasteiger partial charge in [0.05, 0.1) is 0 Å². The Morgan fingerprint density at radius 2 is 2.29 bits per heavy atom. The second kappa shape index (κ2) is 5.73. The second-order valence-electron chi connectivity index (χ2n) is 3.16. The Hall–Kier alpha value is -0.0600. The summed E-state index contributed by atoms with van der Waals surface area (Å²) in [6.07, 6.45) is 2.72. The van der Waals surface area contributed by atoms with Gasteiger partial charge in [-0.05, 0) is 36.4 Å². The van der Waals surface area contributed by atoms with Gasteiger partial charge >= 0.3 is 0 Å². The number of thioether (sulfide) groups is 1. The van der Waals surface area contributed by atoms with Crippen LogP contribution in [0.4, 0.5) is 4.39 Å². The Morgan fingerprint density at radius 3 is 2.93 bits per heavy atom. The van der Waals surface area contributed by atoms with Gasteiger partial charge < -0.3 is 5.73 Å². The van der Waals surface area contributed by atoms with E-state index in [0.29, 0.717) is 6.42 Å². The minimum Gasteiger partial charge on any atom is -0.327 e. The molecule has 0 bridgehead atoms. The summed E-state index contributed by atoms with van der Waals surface area (Å²) in [5.41, 5.74) is 6.81. The van der Waals surface area contributed by atoms with Gasteiger partial charge in [0.2, 0.25) is 0 Å². The highest BCUT2D eigenvalue weighted by molar-refractivity contribution is 9.10. The van der Waals surface area contributed by atoms with Crippen molar-refractivity contribution in [3.63, 3.8) is 0 Å². The molecule has 0 aromatic heterocycles. The van der Waals surface area contributed by atoms with Crippen LogP contribution in [0.2, 0.25) is 0 Å². The molecular weight excluding hydrogens is 265 g/mol. The predicted molar refractivity (Wildman–Crippen MR) is 64.2 cm³/mol. The highest BCUT2D eigenvalue weighted by atomic mass is 79.9. The zero-order chi connectivity index (χ0) is 10.6. The van der Waals surface area contributed by atoms with Gasteiger partial charge in [-0.15, -0.1) is 0 Å². The molecule has 1 nitrogen and oxygen atoms in total. The molecule has 0 saturated heterocycles. The predicted octanol–water partition coefficient (Wildman–Crippen LogP) is 2.82. The smallest absolute Gasteiger partial charge is 0.123 e. The molecule has 78 valence electrons. The van der Waals surface area contributed by atoms with Crippen LogP contribution in [0.3, 0.4) is 0 Å². The molecule has 1 aromatic carbocycles. The van der Waals surface area contributed by atoms with Gasteiger partial charge in [0, 0.05) is 16.3 Å². The Morgan fingerprint density at radius 1 is 1.57 bits per heavy atom. The fraction of sp³-hybridized carbons (Fsp3) is 0.400. The molecule has 2 N–H and O–H groups in total. The first-order chi connectivity index (χ1) is 6.63. The van der Waals surface area contributed by atoms with Crippen LogP contribution >= 0.6 is 27.7 Å². The number of rotatable bonds is 4. The first kappa shape index (κ1) is 12.0. The Balaban J connectivity index is 2.70. The van der Waals surface area contributed by atoms with E-state index in [1.54, 1.807) is 17.8 Å². The maximum Gasteiger partial charge on any atom is 0.123 e. The maximum atomic E-state index is 12.9. The summed E-state index contributed by atoms with van der Waals surface area (Å²) < 4.78 is 13.8. The topological polar surface area (TPSA) is 26.0 Å². The molecule has 1 unspecified atom stereocenters. The van der Waals surface area contributed by atoms with Crippen LogP contribution in [0.1, 0.15) is 5.56 Å². The standard InChI is InChI=1S/C10H13BrFNS/c1-14-6-9(13)5-7-4-8(12)2-3-10(7)11/h2-4,9H,5-6,13H2,1H3. The minimum atomic E-state index is -0.209. The molecule has 0 aliphatic rings. The van der Waals surface area contributed by atoms with E-state index in [-0.39, 0.29) is 11.9 Å². The third-order valence-electron chi connectivity index (χ3n) is 1.87. The van der Waals surface area contributed by atoms with Crippen molar-refractivity contribution in [3.05, 3.63) is 34.1 Å². The van der Waals surface area contributed by atoms with Gasteiger partial charge in [-0.2, -0.15) is 11.8 Å². The van der Waals surface area contributed by atoms with Gasteiger partial charge in [-0.1, -0.05) is 15.9 Å². The molecule has 1 rings (SSSR count). The SMILES string of the molecule is CSCC(N)Cc1cc(F)ccc1Br. The molecule has 0 amide bonds. The summed E-state index contributed by atoms with van der Waals surface area (Å²) in [6.45, 7) is 0. The van der Waals surface area contributed by atoms with Gasteiger partial charge in [-0.3, -0.25) is 0 Å². The first-order valence-corrected chi connectivity index (χ1v) is 6.50. The molecule has 1 aromatic rings. The fourth-order valence-corrected chi connectivity index (χ4v) is 2.21. The normalized spacial score (nSPS) is 12.9. The van der Waals surface area contributed by atoms with Gasteiger partial charge in [0.15, 0.2) is 0 Å². The zero-order valence-electron chi connectivity index (χ0n) is 7.97. The van der Waals surface area contributed by atoms with Crippen molar-refractivity contribution >= 4 is 27.7 Å². The Kier molecular flexibility index (Phi) is 4.92. The molecule has 0 fully saturated rings. The second-order valence-corrected chi connectivity index (χ2v) is 4.92. The highest BCUT2D eigenvalue weighted by Gasteiger charge is 2.07. The lowest BCUT2D eigenvalue weighted by Crippen LogP contribution is -2.25. The van der Waals surface area contributed by atoms with Crippen LogP contribution in [-0.4, -0.2) is 18.1 Å². The van der Waals surface area contributed by atoms with Crippen LogP contribution in [0.25, 0.3) is 0 Å². The van der Waals surface area contributed by atoms with E-state index >= 15 is 0 Å². The molecule has 4 heteroatoms. The number of hydrogen-bond acceptors (Lipinski definition) is 2. The average molecular weight is 278 g/mol. The zero-order valence-corrected chi connectivity index (χ0v) is 10.4. The van der Waals surface area contributed by atoms with E-state index in [9.17, 15) is 4.39 Å². The van der Waals surface area contributed by atoms with E-state index < -0.39 is 0 Å². The molecule has 0 aliphatic heterocycles. The van der Waals surface area contributed by atoms with Crippen molar-refractivity contribution in [2.24, 2.45) is 5.73 Å². The summed E-state index contributed by atoms with van der Waals surface area (Å²) in [6, 6.07) is 4.78. The van der Waals surface area contributed by atoms with Crippen molar-refractivity contribution in [2.75, 3.05) is 12.0 Å². The van der Waals surface area contributed by atoms with Crippen LogP contribution in [0, 0.1) is 5.82 Å². The quantitative estimate of drug-likeness (QED) is 0.916. The summed E-state index contributed by atoms with van der Waals surface area (Å²) >= 11 is 5.09. The van der Waals surface area contributed by atoms with Gasteiger partial charge in [-0.25, -0.2) is 4.39 Å². The lowest BCUT2D eigenvalue weighted by molar-refractivity contribution is 0.622. The third-order valence-corrected chi connectivity index (χ3v) is 3.41. The third kappa shape index (κ3) is 3.59. The van der Waals surface area contributed by atoms with E-state index in [4.69, 9.17) is 5.73 Å². The molecule has 0 spiro atoms. The largest absolute Gasteiger partial charge is 0.327 e. The first-order valence-electron chi connectivity index (χ1n) is 4.32. The molecule has 1 atom stereocenters. The van der Waals surface area contributed by atoms with Crippen molar-refractivity contribution in [3.8, 4) is 0 Å². The lowest BCUT2D eigenvalue weighted by Gasteiger charge is -2.11. The lowest BCUT2D eigenvalue weighted by atomic mass is 10.1. The van der Waals surface area contributed by atoms with Crippen molar-refractivity contribution in [1.82, 2.24) is 0 Å². The van der Waals surface area contributed by atoms with Crippen LogP contribution in [0.5, 0.6) is 0 Å².